The van der Waals surface area contributed by atoms with Gasteiger partial charge in [-0.1, -0.05) is 60.2 Å². The minimum absolute atomic E-state index is 0.0379. The lowest BCUT2D eigenvalue weighted by Gasteiger charge is -2.46. The summed E-state index contributed by atoms with van der Waals surface area (Å²) in [6.07, 6.45) is 2.78. The van der Waals surface area contributed by atoms with E-state index in [0.717, 1.165) is 9.87 Å². The quantitative estimate of drug-likeness (QED) is 0.365. The lowest BCUT2D eigenvalue weighted by atomic mass is 9.60. The average Bonchev–Trinajstić information content (AvgIpc) is 3.11. The van der Waals surface area contributed by atoms with E-state index in [4.69, 9.17) is 9.47 Å². The molecule has 0 saturated carbocycles. The van der Waals surface area contributed by atoms with E-state index in [1.165, 1.54) is 38.1 Å². The van der Waals surface area contributed by atoms with Crippen molar-refractivity contribution >= 4 is 22.0 Å². The molecule has 8 heteroatoms. The van der Waals surface area contributed by atoms with Gasteiger partial charge in [0.25, 0.3) is 5.79 Å². The maximum absolute atomic E-state index is 14.0. The maximum Gasteiger partial charge on any atom is 0.330 e. The lowest BCUT2D eigenvalue weighted by Crippen LogP contribution is -2.61. The molecule has 2 aliphatic heterocycles. The van der Waals surface area contributed by atoms with Gasteiger partial charge in [0.05, 0.1) is 10.9 Å². The Kier molecular flexibility index (Phi) is 5.57. The Hall–Kier alpha value is -3.23. The first kappa shape index (κ1) is 23.9. The number of carbonyl (C=O) groups excluding carboxylic acids is 2. The summed E-state index contributed by atoms with van der Waals surface area (Å²) in [6.45, 7) is 12.2. The first-order chi connectivity index (χ1) is 15.9. The number of carbonyl (C=O) groups is 2. The zero-order chi connectivity index (χ0) is 24.9. The third kappa shape index (κ3) is 3.24. The molecule has 34 heavy (non-hydrogen) atoms. The Morgan fingerprint density at radius 2 is 1.47 bits per heavy atom. The van der Waals surface area contributed by atoms with E-state index in [1.807, 2.05) is 6.92 Å². The second-order valence-corrected chi connectivity index (χ2v) is 11.0. The molecule has 2 heterocycles. The molecule has 178 valence electrons. The van der Waals surface area contributed by atoms with Gasteiger partial charge < -0.3 is 9.47 Å². The van der Waals surface area contributed by atoms with Crippen LogP contribution in [0.2, 0.25) is 0 Å². The number of rotatable bonds is 5. The molecular weight excluding hydrogens is 454 g/mol. The monoisotopic (exact) mass is 481 g/mol. The van der Waals surface area contributed by atoms with Crippen molar-refractivity contribution in [2.24, 2.45) is 10.8 Å². The minimum Gasteiger partial charge on any atom is -0.422 e. The number of benzene rings is 2. The van der Waals surface area contributed by atoms with Gasteiger partial charge in [0.1, 0.15) is 0 Å². The van der Waals surface area contributed by atoms with Crippen molar-refractivity contribution in [1.29, 1.82) is 0 Å². The molecule has 4 rings (SSSR count). The molecule has 0 N–H and O–H groups in total. The second-order valence-electron chi connectivity index (χ2n) is 9.11. The maximum atomic E-state index is 14.0. The van der Waals surface area contributed by atoms with Gasteiger partial charge in [0, 0.05) is 25.8 Å². The summed E-state index contributed by atoms with van der Waals surface area (Å²) in [7, 11) is -4.17. The van der Waals surface area contributed by atoms with Crippen LogP contribution in [-0.4, -0.2) is 37.0 Å². The number of nitrogens with zero attached hydrogens (tertiary/aromatic N) is 1. The normalized spacial score (nSPS) is 23.2. The van der Waals surface area contributed by atoms with Gasteiger partial charge in [-0.25, -0.2) is 8.42 Å². The molecule has 2 aromatic rings. The highest BCUT2D eigenvalue weighted by atomic mass is 32.2. The molecular formula is C26H27NO6S. The predicted octanol–water partition coefficient (Wildman–Crippen LogP) is 3.92. The molecule has 0 aromatic heterocycles. The van der Waals surface area contributed by atoms with Crippen LogP contribution in [0, 0.1) is 17.8 Å². The number of cyclic esters (lactones) is 2. The molecule has 7 nitrogen and oxygen atoms in total. The highest BCUT2D eigenvalue weighted by Crippen LogP contribution is 2.63. The Morgan fingerprint density at radius 3 is 1.97 bits per heavy atom. The fraction of sp³-hybridized carbons (Fsp3) is 0.308. The Labute approximate surface area is 199 Å². The standard InChI is InChI=1S/C26H27NO6S/c1-6-25(7-2)17-27(34(30,31)20-15-13-18(3)14-16-20)21(19-11-9-8-10-12-19)26(25)22(28)32-24(4,5)33-23(26)29/h6-16,21H,1-2,17H2,3-5H3/t21-/m1/s1. The minimum atomic E-state index is -4.17. The lowest BCUT2D eigenvalue weighted by molar-refractivity contribution is -0.257. The smallest absolute Gasteiger partial charge is 0.330 e. The summed E-state index contributed by atoms with van der Waals surface area (Å²) in [5, 5.41) is 0. The van der Waals surface area contributed by atoms with E-state index in [1.54, 1.807) is 42.5 Å². The van der Waals surface area contributed by atoms with E-state index in [0.29, 0.717) is 5.56 Å². The van der Waals surface area contributed by atoms with Crippen LogP contribution in [0.25, 0.3) is 0 Å². The highest BCUT2D eigenvalue weighted by molar-refractivity contribution is 7.89. The van der Waals surface area contributed by atoms with Gasteiger partial charge in [0.15, 0.2) is 5.41 Å². The van der Waals surface area contributed by atoms with Crippen molar-refractivity contribution in [1.82, 2.24) is 4.31 Å². The highest BCUT2D eigenvalue weighted by Gasteiger charge is 2.76. The van der Waals surface area contributed by atoms with E-state index < -0.39 is 44.6 Å². The summed E-state index contributed by atoms with van der Waals surface area (Å²) >= 11 is 0. The van der Waals surface area contributed by atoms with Crippen LogP contribution >= 0.6 is 0 Å². The van der Waals surface area contributed by atoms with Gasteiger partial charge in [-0.3, -0.25) is 9.59 Å². The SMILES string of the molecule is C=CC1(C=C)CN(S(=O)(=O)c2ccc(C)cc2)[C@H](c2ccccc2)C12C(=O)OC(C)(C)OC2=O. The van der Waals surface area contributed by atoms with Gasteiger partial charge in [-0.15, -0.1) is 13.2 Å². The zero-order valence-electron chi connectivity index (χ0n) is 19.4. The summed E-state index contributed by atoms with van der Waals surface area (Å²) in [5.74, 6) is -3.27. The molecule has 0 unspecified atom stereocenters. The van der Waals surface area contributed by atoms with Gasteiger partial charge >= 0.3 is 11.9 Å². The van der Waals surface area contributed by atoms with Crippen LogP contribution in [0.5, 0.6) is 0 Å². The number of hydrogen-bond donors (Lipinski definition) is 0. The van der Waals surface area contributed by atoms with Crippen LogP contribution in [0.4, 0.5) is 0 Å². The van der Waals surface area contributed by atoms with Crippen molar-refractivity contribution in [3.05, 3.63) is 91.0 Å². The number of aryl methyl sites for hydroxylation is 1. The van der Waals surface area contributed by atoms with Crippen LogP contribution in [-0.2, 0) is 29.1 Å². The summed E-state index contributed by atoms with van der Waals surface area (Å²) in [6, 6.07) is 13.7. The fourth-order valence-corrected chi connectivity index (χ4v) is 6.61. The van der Waals surface area contributed by atoms with E-state index in [9.17, 15) is 18.0 Å². The van der Waals surface area contributed by atoms with Crippen molar-refractivity contribution in [3.63, 3.8) is 0 Å². The second kappa shape index (κ2) is 7.92. The Bertz CT molecular complexity index is 1240. The molecule has 0 bridgehead atoms. The van der Waals surface area contributed by atoms with Crippen molar-refractivity contribution in [3.8, 4) is 0 Å². The molecule has 0 aliphatic carbocycles. The van der Waals surface area contributed by atoms with Crippen LogP contribution < -0.4 is 0 Å². The third-order valence-electron chi connectivity index (χ3n) is 6.64. The van der Waals surface area contributed by atoms with Gasteiger partial charge in [0.2, 0.25) is 10.0 Å². The largest absolute Gasteiger partial charge is 0.422 e. The molecule has 2 aromatic carbocycles. The van der Waals surface area contributed by atoms with E-state index >= 15 is 0 Å². The van der Waals surface area contributed by atoms with Crippen molar-refractivity contribution in [2.75, 3.05) is 6.54 Å². The number of hydrogen-bond acceptors (Lipinski definition) is 6. The van der Waals surface area contributed by atoms with Gasteiger partial charge in [-0.2, -0.15) is 4.31 Å². The van der Waals surface area contributed by atoms with Gasteiger partial charge in [-0.05, 0) is 24.6 Å². The summed E-state index contributed by atoms with van der Waals surface area (Å²) < 4.78 is 40.3. The van der Waals surface area contributed by atoms with E-state index in [-0.39, 0.29) is 11.4 Å². The first-order valence-electron chi connectivity index (χ1n) is 10.8. The summed E-state index contributed by atoms with van der Waals surface area (Å²) in [5.41, 5.74) is -2.23. The molecule has 2 fully saturated rings. The van der Waals surface area contributed by atoms with Crippen molar-refractivity contribution < 1.29 is 27.5 Å². The van der Waals surface area contributed by atoms with Crippen LogP contribution in [0.1, 0.15) is 31.0 Å². The molecule has 0 radical (unpaired) electrons. The number of ether oxygens (including phenoxy) is 2. The molecule has 1 atom stereocenters. The van der Waals surface area contributed by atoms with Crippen LogP contribution in [0.3, 0.4) is 0 Å². The van der Waals surface area contributed by atoms with Crippen LogP contribution in [0.15, 0.2) is 84.8 Å². The Morgan fingerprint density at radius 1 is 0.941 bits per heavy atom. The third-order valence-corrected chi connectivity index (χ3v) is 8.47. The van der Waals surface area contributed by atoms with E-state index in [2.05, 4.69) is 13.2 Å². The average molecular weight is 482 g/mol. The topological polar surface area (TPSA) is 90.0 Å². The molecule has 1 spiro atoms. The fourth-order valence-electron chi connectivity index (χ4n) is 4.91. The first-order valence-corrected chi connectivity index (χ1v) is 12.3. The number of sulfonamides is 1. The zero-order valence-corrected chi connectivity index (χ0v) is 20.2. The summed E-state index contributed by atoms with van der Waals surface area (Å²) in [4.78, 5) is 27.6. The predicted molar refractivity (Wildman–Crippen MR) is 126 cm³/mol. The van der Waals surface area contributed by atoms with Crippen molar-refractivity contribution in [2.45, 2.75) is 37.5 Å². The Balaban J connectivity index is 2.04. The number of esters is 2. The molecule has 0 amide bonds. The molecule has 2 aliphatic rings. The molecule has 2 saturated heterocycles.